The third-order valence-corrected chi connectivity index (χ3v) is 2.22. The van der Waals surface area contributed by atoms with Crippen molar-refractivity contribution >= 4 is 28.9 Å². The molecule has 0 spiro atoms. The van der Waals surface area contributed by atoms with Crippen LogP contribution in [0.5, 0.6) is 0 Å². The van der Waals surface area contributed by atoms with Gasteiger partial charge in [0.1, 0.15) is 5.92 Å². The largest absolute Gasteiger partial charge is 0.272 e. The van der Waals surface area contributed by atoms with Crippen molar-refractivity contribution in [3.05, 3.63) is 24.3 Å². The number of allylic oxidation sites excluding steroid dienone is 3. The molecule has 1 amide bonds. The van der Waals surface area contributed by atoms with Crippen LogP contribution in [0.3, 0.4) is 0 Å². The molecule has 4 nitrogen and oxygen atoms in total. The van der Waals surface area contributed by atoms with Crippen LogP contribution in [-0.2, 0) is 4.79 Å². The number of hydrogen-bond donors (Lipinski definition) is 1. The highest BCUT2D eigenvalue weighted by Gasteiger charge is 2.31. The maximum absolute atomic E-state index is 11.5. The Labute approximate surface area is 80.4 Å². The average molecular weight is 193 g/mol. The third kappa shape index (κ3) is 1.22. The summed E-state index contributed by atoms with van der Waals surface area (Å²) in [6.07, 6.45) is 7.13. The molecule has 0 fully saturated rings. The van der Waals surface area contributed by atoms with Gasteiger partial charge in [0.25, 0.3) is 5.91 Å². The Bertz CT molecular complexity index is 370. The van der Waals surface area contributed by atoms with Crippen LogP contribution in [0.1, 0.15) is 0 Å². The Hall–Kier alpha value is -1.33. The molecule has 0 saturated carbocycles. The maximum atomic E-state index is 11.5. The lowest BCUT2D eigenvalue weighted by molar-refractivity contribution is -0.128. The van der Waals surface area contributed by atoms with Crippen molar-refractivity contribution in [3.63, 3.8) is 0 Å². The second kappa shape index (κ2) is 2.86. The molecule has 1 atom stereocenters. The second-order valence-corrected chi connectivity index (χ2v) is 3.11. The molecule has 1 aliphatic carbocycles. The molecule has 2 aliphatic rings. The van der Waals surface area contributed by atoms with Crippen molar-refractivity contribution in [2.45, 2.75) is 0 Å². The maximum Gasteiger partial charge on any atom is 0.256 e. The first kappa shape index (κ1) is 8.28. The third-order valence-electron chi connectivity index (χ3n) is 1.93. The lowest BCUT2D eigenvalue weighted by atomic mass is 9.96. The van der Waals surface area contributed by atoms with Crippen molar-refractivity contribution in [2.24, 2.45) is 16.8 Å². The molecule has 0 radical (unpaired) electrons. The first-order valence-corrected chi connectivity index (χ1v) is 4.17. The zero-order chi connectivity index (χ0) is 9.42. The predicted octanol–water partition coefficient (Wildman–Crippen LogP) is 0.170. The fraction of sp³-hybridized carbons (Fsp3) is 0.125. The summed E-state index contributed by atoms with van der Waals surface area (Å²) >= 11 is 4.81. The van der Waals surface area contributed by atoms with Gasteiger partial charge in [-0.25, -0.2) is 15.8 Å². The number of hydrazine groups is 1. The Morgan fingerprint density at radius 2 is 2.31 bits per heavy atom. The number of nitrogens with two attached hydrogens (primary N) is 1. The summed E-state index contributed by atoms with van der Waals surface area (Å²) in [5.41, 5.74) is 0.666. The normalized spacial score (nSPS) is 26.1. The SMILES string of the molecule is NN1C(=O)C2C=CC=CC2=NC1=S. The van der Waals surface area contributed by atoms with E-state index in [4.69, 9.17) is 18.1 Å². The number of aliphatic imine (C=N–C) groups is 1. The fourth-order valence-electron chi connectivity index (χ4n) is 1.26. The summed E-state index contributed by atoms with van der Waals surface area (Å²) in [6, 6.07) is 0. The van der Waals surface area contributed by atoms with Crippen molar-refractivity contribution in [2.75, 3.05) is 0 Å². The van der Waals surface area contributed by atoms with Crippen LogP contribution in [0.25, 0.3) is 0 Å². The van der Waals surface area contributed by atoms with E-state index in [1.165, 1.54) is 0 Å². The predicted molar refractivity (Wildman–Crippen MR) is 52.8 cm³/mol. The lowest BCUT2D eigenvalue weighted by Gasteiger charge is -2.26. The summed E-state index contributed by atoms with van der Waals surface area (Å²) in [7, 11) is 0. The molecule has 0 aromatic heterocycles. The van der Waals surface area contributed by atoms with E-state index in [0.29, 0.717) is 5.71 Å². The minimum atomic E-state index is -0.360. The topological polar surface area (TPSA) is 58.7 Å². The number of nitrogens with zero attached hydrogens (tertiary/aromatic N) is 2. The van der Waals surface area contributed by atoms with Gasteiger partial charge in [0, 0.05) is 0 Å². The monoisotopic (exact) mass is 193 g/mol. The highest BCUT2D eigenvalue weighted by molar-refractivity contribution is 7.80. The fourth-order valence-corrected chi connectivity index (χ4v) is 1.45. The van der Waals surface area contributed by atoms with E-state index < -0.39 is 0 Å². The number of thiocarbonyl (C=S) groups is 1. The van der Waals surface area contributed by atoms with Gasteiger partial charge in [0.2, 0.25) is 5.11 Å². The van der Waals surface area contributed by atoms with Gasteiger partial charge in [-0.15, -0.1) is 0 Å². The quantitative estimate of drug-likeness (QED) is 0.339. The van der Waals surface area contributed by atoms with Gasteiger partial charge in [0.15, 0.2) is 0 Å². The molecule has 1 heterocycles. The second-order valence-electron chi connectivity index (χ2n) is 2.75. The van der Waals surface area contributed by atoms with Crippen molar-refractivity contribution in [1.82, 2.24) is 5.01 Å². The van der Waals surface area contributed by atoms with Gasteiger partial charge in [0.05, 0.1) is 5.71 Å². The van der Waals surface area contributed by atoms with E-state index >= 15 is 0 Å². The van der Waals surface area contributed by atoms with Crippen molar-refractivity contribution in [1.29, 1.82) is 0 Å². The summed E-state index contributed by atoms with van der Waals surface area (Å²) < 4.78 is 0. The van der Waals surface area contributed by atoms with Crippen LogP contribution in [0.4, 0.5) is 0 Å². The smallest absolute Gasteiger partial charge is 0.256 e. The molecule has 13 heavy (non-hydrogen) atoms. The molecule has 66 valence electrons. The number of rotatable bonds is 0. The van der Waals surface area contributed by atoms with Crippen LogP contribution in [-0.4, -0.2) is 21.7 Å². The zero-order valence-corrected chi connectivity index (χ0v) is 7.49. The summed E-state index contributed by atoms with van der Waals surface area (Å²) in [6.45, 7) is 0. The van der Waals surface area contributed by atoms with Crippen LogP contribution in [0, 0.1) is 5.92 Å². The van der Waals surface area contributed by atoms with Crippen molar-refractivity contribution in [3.8, 4) is 0 Å². The van der Waals surface area contributed by atoms with Crippen LogP contribution >= 0.6 is 12.2 Å². The summed E-state index contributed by atoms with van der Waals surface area (Å²) in [5, 5.41) is 1.03. The Balaban J connectivity index is 2.46. The van der Waals surface area contributed by atoms with E-state index in [2.05, 4.69) is 4.99 Å². The van der Waals surface area contributed by atoms with E-state index in [9.17, 15) is 4.79 Å². The zero-order valence-electron chi connectivity index (χ0n) is 6.68. The molecule has 1 unspecified atom stereocenters. The first-order valence-electron chi connectivity index (χ1n) is 3.76. The van der Waals surface area contributed by atoms with Crippen molar-refractivity contribution < 1.29 is 4.79 Å². The Kier molecular flexibility index (Phi) is 1.82. The number of amides is 1. The van der Waals surface area contributed by atoms with E-state index in [0.717, 1.165) is 5.01 Å². The number of carbonyl (C=O) groups is 1. The Morgan fingerprint density at radius 1 is 1.54 bits per heavy atom. The minimum Gasteiger partial charge on any atom is -0.272 e. The molecule has 2 N–H and O–H groups in total. The molecule has 0 aromatic carbocycles. The van der Waals surface area contributed by atoms with E-state index in [-0.39, 0.29) is 16.9 Å². The van der Waals surface area contributed by atoms with Crippen LogP contribution < -0.4 is 5.84 Å². The minimum absolute atomic E-state index is 0.121. The summed E-state index contributed by atoms with van der Waals surface area (Å²) in [4.78, 5) is 15.5. The molecule has 5 heteroatoms. The molecule has 0 saturated heterocycles. The van der Waals surface area contributed by atoms with Gasteiger partial charge in [-0.05, 0) is 18.3 Å². The molecule has 1 aliphatic heterocycles. The molecule has 2 rings (SSSR count). The summed E-state index contributed by atoms with van der Waals surface area (Å²) in [5.74, 6) is 4.82. The van der Waals surface area contributed by atoms with Gasteiger partial charge in [-0.3, -0.25) is 4.79 Å². The number of carbonyl (C=O) groups excluding carboxylic acids is 1. The average Bonchev–Trinajstić information content (AvgIpc) is 2.15. The molecule has 0 aromatic rings. The van der Waals surface area contributed by atoms with Gasteiger partial charge >= 0.3 is 0 Å². The first-order chi connectivity index (χ1) is 6.20. The van der Waals surface area contributed by atoms with Gasteiger partial charge in [-0.2, -0.15) is 0 Å². The lowest BCUT2D eigenvalue weighted by Crippen LogP contribution is -2.49. The number of hydrogen-bond acceptors (Lipinski definition) is 3. The molecule has 0 bridgehead atoms. The Morgan fingerprint density at radius 3 is 3.08 bits per heavy atom. The number of fused-ring (bicyclic) bond motifs is 1. The van der Waals surface area contributed by atoms with Gasteiger partial charge < -0.3 is 0 Å². The van der Waals surface area contributed by atoms with Crippen LogP contribution in [0.15, 0.2) is 29.3 Å². The van der Waals surface area contributed by atoms with E-state index in [1.54, 1.807) is 18.2 Å². The van der Waals surface area contributed by atoms with E-state index in [1.807, 2.05) is 6.08 Å². The standard InChI is InChI=1S/C8H7N3OS/c9-11-7(12)5-3-1-2-4-6(5)10-8(11)13/h1-5H,9H2. The highest BCUT2D eigenvalue weighted by Crippen LogP contribution is 2.17. The van der Waals surface area contributed by atoms with Crippen LogP contribution in [0.2, 0.25) is 0 Å². The highest BCUT2D eigenvalue weighted by atomic mass is 32.1. The molecular weight excluding hydrogens is 186 g/mol. The molecular formula is C8H7N3OS. The van der Waals surface area contributed by atoms with Gasteiger partial charge in [-0.1, -0.05) is 18.2 Å².